The van der Waals surface area contributed by atoms with Crippen LogP contribution in [0, 0.1) is 6.92 Å². The van der Waals surface area contributed by atoms with Crippen molar-refractivity contribution in [2.75, 3.05) is 12.0 Å². The molecule has 1 aromatic heterocycles. The molecule has 0 fully saturated rings. The molecule has 2 amide bonds. The Balaban J connectivity index is 1.75. The molecule has 0 radical (unpaired) electrons. The largest absolute Gasteiger partial charge is 0.380 e. The zero-order valence-corrected chi connectivity index (χ0v) is 16.8. The van der Waals surface area contributed by atoms with Crippen molar-refractivity contribution < 1.29 is 14.3 Å². The quantitative estimate of drug-likeness (QED) is 0.624. The molecule has 3 heterocycles. The molecule has 150 valence electrons. The Kier molecular flexibility index (Phi) is 4.37. The molecule has 0 spiro atoms. The molecule has 6 heteroatoms. The summed E-state index contributed by atoms with van der Waals surface area (Å²) in [5.74, 6) is 0.00923. The van der Waals surface area contributed by atoms with Crippen LogP contribution in [0.1, 0.15) is 49.3 Å². The number of carbonyl (C=O) groups excluding carboxylic acids is 2. The third-order valence-electron chi connectivity index (χ3n) is 5.64. The second-order valence-electron chi connectivity index (χ2n) is 7.61. The van der Waals surface area contributed by atoms with Crippen LogP contribution in [0.5, 0.6) is 0 Å². The van der Waals surface area contributed by atoms with Crippen molar-refractivity contribution in [2.24, 2.45) is 0 Å². The fourth-order valence-electron chi connectivity index (χ4n) is 4.42. The van der Waals surface area contributed by atoms with Crippen LogP contribution in [-0.4, -0.2) is 28.8 Å². The maximum atomic E-state index is 13.6. The van der Waals surface area contributed by atoms with Crippen molar-refractivity contribution in [1.82, 2.24) is 9.88 Å². The molecular formula is C24H21N3O3. The van der Waals surface area contributed by atoms with Gasteiger partial charge in [-0.1, -0.05) is 48.5 Å². The number of benzene rings is 2. The van der Waals surface area contributed by atoms with Gasteiger partial charge >= 0.3 is 0 Å². The molecule has 0 N–H and O–H groups in total. The number of ether oxygens (including phenoxy) is 1. The van der Waals surface area contributed by atoms with Crippen LogP contribution in [0.15, 0.2) is 60.7 Å². The topological polar surface area (TPSA) is 62.7 Å². The van der Waals surface area contributed by atoms with Gasteiger partial charge in [0, 0.05) is 30.5 Å². The molecule has 0 saturated heterocycles. The standard InChI is InChI=1S/C24H21N3O3/c1-15-12-17(14-30-2)20-21(25-15)26(13-16-8-4-3-5-9-16)22-18-10-6-7-11-19(18)23(28)27(22)24(20)29/h3-12,22H,13-14H2,1-2H3. The zero-order chi connectivity index (χ0) is 20.8. The molecular weight excluding hydrogens is 378 g/mol. The molecule has 2 aromatic carbocycles. The Hall–Kier alpha value is -3.51. The first-order chi connectivity index (χ1) is 14.6. The first kappa shape index (κ1) is 18.5. The number of aryl methyl sites for hydroxylation is 1. The smallest absolute Gasteiger partial charge is 0.266 e. The van der Waals surface area contributed by atoms with Gasteiger partial charge in [0.25, 0.3) is 11.8 Å². The predicted molar refractivity (Wildman–Crippen MR) is 112 cm³/mol. The average molecular weight is 399 g/mol. The number of nitrogens with zero attached hydrogens (tertiary/aromatic N) is 3. The number of hydrogen-bond acceptors (Lipinski definition) is 5. The number of hydrogen-bond donors (Lipinski definition) is 0. The lowest BCUT2D eigenvalue weighted by atomic mass is 10.0. The molecule has 0 aliphatic carbocycles. The van der Waals surface area contributed by atoms with Crippen LogP contribution >= 0.6 is 0 Å². The summed E-state index contributed by atoms with van der Waals surface area (Å²) in [7, 11) is 1.59. The molecule has 6 nitrogen and oxygen atoms in total. The minimum atomic E-state index is -0.515. The summed E-state index contributed by atoms with van der Waals surface area (Å²) in [6.07, 6.45) is -0.515. The van der Waals surface area contributed by atoms with E-state index in [1.165, 1.54) is 4.90 Å². The van der Waals surface area contributed by atoms with Crippen LogP contribution in [0.3, 0.4) is 0 Å². The molecule has 2 aliphatic rings. The monoisotopic (exact) mass is 399 g/mol. The number of carbonyl (C=O) groups is 2. The van der Waals surface area contributed by atoms with Crippen LogP contribution < -0.4 is 4.90 Å². The van der Waals surface area contributed by atoms with E-state index in [9.17, 15) is 9.59 Å². The van der Waals surface area contributed by atoms with Gasteiger partial charge in [0.1, 0.15) is 12.0 Å². The number of imide groups is 1. The van der Waals surface area contributed by atoms with Gasteiger partial charge in [-0.25, -0.2) is 9.88 Å². The molecule has 1 atom stereocenters. The third kappa shape index (κ3) is 2.72. The molecule has 3 aromatic rings. The SMILES string of the molecule is COCc1cc(C)nc2c1C(=O)N1C(=O)c3ccccc3C1N2Cc1ccccc1. The lowest BCUT2D eigenvalue weighted by molar-refractivity contribution is 0.0553. The fraction of sp³-hybridized carbons (Fsp3) is 0.208. The van der Waals surface area contributed by atoms with E-state index in [1.54, 1.807) is 13.2 Å². The van der Waals surface area contributed by atoms with E-state index < -0.39 is 6.17 Å². The number of anilines is 1. The van der Waals surface area contributed by atoms with Crippen molar-refractivity contribution in [3.8, 4) is 0 Å². The molecule has 30 heavy (non-hydrogen) atoms. The summed E-state index contributed by atoms with van der Waals surface area (Å²) in [5, 5.41) is 0. The summed E-state index contributed by atoms with van der Waals surface area (Å²) in [5.41, 5.74) is 4.45. The molecule has 2 aliphatic heterocycles. The fourth-order valence-corrected chi connectivity index (χ4v) is 4.42. The normalized spacial score (nSPS) is 17.1. The lowest BCUT2D eigenvalue weighted by Crippen LogP contribution is -2.48. The Morgan fingerprint density at radius 1 is 1.00 bits per heavy atom. The molecule has 0 bridgehead atoms. The summed E-state index contributed by atoms with van der Waals surface area (Å²) < 4.78 is 5.35. The van der Waals surface area contributed by atoms with Crippen molar-refractivity contribution in [1.29, 1.82) is 0 Å². The van der Waals surface area contributed by atoms with Gasteiger partial charge in [0.05, 0.1) is 12.2 Å². The Morgan fingerprint density at radius 3 is 2.50 bits per heavy atom. The van der Waals surface area contributed by atoms with Gasteiger partial charge in [-0.15, -0.1) is 0 Å². The number of fused-ring (bicyclic) bond motifs is 4. The summed E-state index contributed by atoms with van der Waals surface area (Å²) in [6, 6.07) is 19.3. The summed E-state index contributed by atoms with van der Waals surface area (Å²) in [6.45, 7) is 2.70. The van der Waals surface area contributed by atoms with E-state index in [1.807, 2.05) is 61.5 Å². The highest BCUT2D eigenvalue weighted by atomic mass is 16.5. The maximum Gasteiger partial charge on any atom is 0.266 e. The number of aromatic nitrogens is 1. The van der Waals surface area contributed by atoms with Gasteiger partial charge in [-0.2, -0.15) is 0 Å². The maximum absolute atomic E-state index is 13.6. The molecule has 0 saturated carbocycles. The second kappa shape index (κ2) is 7.07. The summed E-state index contributed by atoms with van der Waals surface area (Å²) >= 11 is 0. The van der Waals surface area contributed by atoms with Crippen LogP contribution in [0.4, 0.5) is 5.82 Å². The second-order valence-corrected chi connectivity index (χ2v) is 7.61. The van der Waals surface area contributed by atoms with E-state index in [2.05, 4.69) is 4.90 Å². The van der Waals surface area contributed by atoms with Crippen molar-refractivity contribution in [2.45, 2.75) is 26.2 Å². The van der Waals surface area contributed by atoms with Crippen LogP contribution in [-0.2, 0) is 17.9 Å². The number of methoxy groups -OCH3 is 1. The molecule has 5 rings (SSSR count). The van der Waals surface area contributed by atoms with Crippen molar-refractivity contribution in [3.63, 3.8) is 0 Å². The first-order valence-corrected chi connectivity index (χ1v) is 9.87. The van der Waals surface area contributed by atoms with Crippen LogP contribution in [0.25, 0.3) is 0 Å². The van der Waals surface area contributed by atoms with E-state index in [4.69, 9.17) is 9.72 Å². The number of amides is 2. The van der Waals surface area contributed by atoms with Gasteiger partial charge < -0.3 is 9.64 Å². The minimum Gasteiger partial charge on any atom is -0.380 e. The highest BCUT2D eigenvalue weighted by Crippen LogP contribution is 2.45. The third-order valence-corrected chi connectivity index (χ3v) is 5.64. The Morgan fingerprint density at radius 2 is 1.73 bits per heavy atom. The Bertz CT molecular complexity index is 1160. The highest BCUT2D eigenvalue weighted by Gasteiger charge is 2.49. The lowest BCUT2D eigenvalue weighted by Gasteiger charge is -2.41. The molecule has 1 unspecified atom stereocenters. The predicted octanol–water partition coefficient (Wildman–Crippen LogP) is 3.85. The van der Waals surface area contributed by atoms with Gasteiger partial charge in [0.15, 0.2) is 0 Å². The van der Waals surface area contributed by atoms with Gasteiger partial charge in [0.2, 0.25) is 0 Å². The van der Waals surface area contributed by atoms with Gasteiger partial charge in [-0.05, 0) is 30.2 Å². The van der Waals surface area contributed by atoms with Crippen LogP contribution in [0.2, 0.25) is 0 Å². The van der Waals surface area contributed by atoms with Crippen molar-refractivity contribution in [3.05, 3.63) is 94.2 Å². The van der Waals surface area contributed by atoms with E-state index in [-0.39, 0.29) is 18.4 Å². The van der Waals surface area contributed by atoms with Gasteiger partial charge in [-0.3, -0.25) is 9.59 Å². The average Bonchev–Trinajstić information content (AvgIpc) is 3.05. The number of pyridine rings is 1. The summed E-state index contributed by atoms with van der Waals surface area (Å²) in [4.78, 5) is 35.0. The minimum absolute atomic E-state index is 0.270. The van der Waals surface area contributed by atoms with E-state index in [0.717, 1.165) is 22.4 Å². The zero-order valence-electron chi connectivity index (χ0n) is 16.8. The van der Waals surface area contributed by atoms with E-state index in [0.29, 0.717) is 23.5 Å². The number of rotatable bonds is 4. The first-order valence-electron chi connectivity index (χ1n) is 9.87. The van der Waals surface area contributed by atoms with E-state index >= 15 is 0 Å². The highest BCUT2D eigenvalue weighted by molar-refractivity contribution is 6.17. The Labute approximate surface area is 174 Å². The van der Waals surface area contributed by atoms with Crippen molar-refractivity contribution >= 4 is 17.6 Å².